The van der Waals surface area contributed by atoms with Crippen molar-refractivity contribution in [1.29, 1.82) is 0 Å². The second-order valence-electron chi connectivity index (χ2n) is 26.6. The largest absolute Gasteiger partial charge is 0.496 e. The fourth-order valence-corrected chi connectivity index (χ4v) is 15.8. The summed E-state index contributed by atoms with van der Waals surface area (Å²) in [6, 6.07) is 115. The first-order valence-corrected chi connectivity index (χ1v) is 35.3. The number of hydrogen-bond donors (Lipinski definition) is 0. The first-order valence-electron chi connectivity index (χ1n) is 35.3. The van der Waals surface area contributed by atoms with Gasteiger partial charge in [-0.2, -0.15) is 0 Å². The number of anilines is 3. The molecule has 107 heavy (non-hydrogen) atoms. The Labute approximate surface area is 615 Å². The molecule has 3 heterocycles. The number of carbonyl (C=O) groups is 6. The second-order valence-corrected chi connectivity index (χ2v) is 26.6. The molecular formula is C97H61N3O7. The van der Waals surface area contributed by atoms with Gasteiger partial charge in [0, 0.05) is 54.9 Å². The van der Waals surface area contributed by atoms with Gasteiger partial charge in [-0.3, -0.25) is 28.8 Å². The van der Waals surface area contributed by atoms with Gasteiger partial charge in [0.05, 0.1) is 24.2 Å². The zero-order valence-corrected chi connectivity index (χ0v) is 57.7. The average Bonchev–Trinajstić information content (AvgIpc) is 0.726. The molecule has 0 N–H and O–H groups in total. The average molecular weight is 1380 g/mol. The molecule has 0 bridgehead atoms. The molecule has 0 fully saturated rings. The summed E-state index contributed by atoms with van der Waals surface area (Å²) < 4.78 is 5.61. The molecule has 506 valence electrons. The summed E-state index contributed by atoms with van der Waals surface area (Å²) in [6.07, 6.45) is 0. The van der Waals surface area contributed by atoms with Crippen LogP contribution < -0.4 is 19.4 Å². The van der Waals surface area contributed by atoms with Gasteiger partial charge >= 0.3 is 0 Å². The van der Waals surface area contributed by atoms with Crippen molar-refractivity contribution in [3.8, 4) is 61.4 Å². The van der Waals surface area contributed by atoms with E-state index in [0.29, 0.717) is 67.0 Å². The zero-order chi connectivity index (χ0) is 72.4. The molecule has 20 rings (SSSR count). The molecule has 0 atom stereocenters. The van der Waals surface area contributed by atoms with E-state index in [4.69, 9.17) is 4.74 Å². The summed E-state index contributed by atoms with van der Waals surface area (Å²) in [5, 5.41) is 11.6. The van der Waals surface area contributed by atoms with Gasteiger partial charge in [0.25, 0.3) is 35.4 Å². The number of ether oxygens (including phenoxy) is 1. The minimum atomic E-state index is -0.327. The molecule has 0 saturated carbocycles. The Morgan fingerprint density at radius 2 is 0.523 bits per heavy atom. The van der Waals surface area contributed by atoms with Crippen LogP contribution in [0.1, 0.15) is 62.1 Å². The molecule has 0 aromatic heterocycles. The highest BCUT2D eigenvalue weighted by atomic mass is 16.5. The molecule has 0 radical (unpaired) electrons. The van der Waals surface area contributed by atoms with Crippen LogP contribution in [0.25, 0.3) is 120 Å². The van der Waals surface area contributed by atoms with Gasteiger partial charge in [0.2, 0.25) is 0 Å². The Morgan fingerprint density at radius 3 is 0.972 bits per heavy atom. The van der Waals surface area contributed by atoms with E-state index < -0.39 is 0 Å². The Morgan fingerprint density at radius 1 is 0.206 bits per heavy atom. The van der Waals surface area contributed by atoms with Gasteiger partial charge in [-0.05, 0) is 190 Å². The van der Waals surface area contributed by atoms with Crippen LogP contribution in [0.15, 0.2) is 352 Å². The van der Waals surface area contributed by atoms with Gasteiger partial charge in [0.1, 0.15) is 5.75 Å². The standard InChI is InChI=1S/C38H23NO2.C34H21NO2.C25H17NO3/c40-37-32-21-11-20-30-31(22-23-33(36(30)32)38(41)39(37)25-14-5-2-6-15-25)35-28-18-9-7-16-26(28)34(24-12-3-1-4-13-24)27-17-8-10-19-29(27)35;36-33-30-13-7-12-29-28(18-19-31(32(29)30)34(37)35(33)27-10-5-2-6-11-27)26-17-16-24-20-23(14-15-25(24)21-26)22-8-3-1-4-9-22;1-29-21-15-14-20-22-19(13-12-18(23(21)22)16-8-4-2-5-9-16)24(27)26(25(20)28)17-10-6-3-7-11-17/h1-23H;1-21H;2-15H,1H3. The Balaban J connectivity index is 0.000000115. The number of imide groups is 3. The van der Waals surface area contributed by atoms with Gasteiger partial charge in [-0.15, -0.1) is 0 Å². The lowest BCUT2D eigenvalue weighted by Gasteiger charge is -2.28. The summed E-state index contributed by atoms with van der Waals surface area (Å²) in [5.74, 6) is -1.20. The Bertz CT molecular complexity index is 6420. The molecule has 17 aromatic carbocycles. The number of nitrogens with zero attached hydrogens (tertiary/aromatic N) is 3. The van der Waals surface area contributed by atoms with Crippen molar-refractivity contribution in [1.82, 2.24) is 0 Å². The summed E-state index contributed by atoms with van der Waals surface area (Å²) >= 11 is 0. The maximum Gasteiger partial charge on any atom is 0.265 e. The quantitative estimate of drug-likeness (QED) is 0.104. The minimum absolute atomic E-state index is 0.293. The molecule has 3 aliphatic rings. The molecule has 0 spiro atoms. The van der Waals surface area contributed by atoms with Crippen LogP contribution in [-0.2, 0) is 0 Å². The van der Waals surface area contributed by atoms with Crippen molar-refractivity contribution < 1.29 is 33.5 Å². The molecule has 10 heteroatoms. The molecule has 6 amide bonds. The van der Waals surface area contributed by atoms with Crippen molar-refractivity contribution in [2.75, 3.05) is 21.8 Å². The number of amides is 6. The van der Waals surface area contributed by atoms with Crippen LogP contribution >= 0.6 is 0 Å². The van der Waals surface area contributed by atoms with Crippen LogP contribution in [-0.4, -0.2) is 42.6 Å². The number of methoxy groups -OCH3 is 1. The molecule has 17 aromatic rings. The van der Waals surface area contributed by atoms with Gasteiger partial charge in [-0.1, -0.05) is 261 Å². The number of carbonyl (C=O) groups excluding carboxylic acids is 6. The normalized spacial score (nSPS) is 13.0. The lowest BCUT2D eigenvalue weighted by atomic mass is 9.83. The zero-order valence-electron chi connectivity index (χ0n) is 57.7. The smallest absolute Gasteiger partial charge is 0.265 e. The van der Waals surface area contributed by atoms with E-state index in [1.54, 1.807) is 61.7 Å². The van der Waals surface area contributed by atoms with E-state index in [0.717, 1.165) is 87.2 Å². The Hall–Kier alpha value is -14.5. The molecule has 0 aliphatic carbocycles. The maximum atomic E-state index is 13.8. The maximum absolute atomic E-state index is 13.8. The summed E-state index contributed by atoms with van der Waals surface area (Å²) in [7, 11) is 1.60. The summed E-state index contributed by atoms with van der Waals surface area (Å²) in [5.41, 5.74) is 15.7. The summed E-state index contributed by atoms with van der Waals surface area (Å²) in [6.45, 7) is 0. The highest BCUT2D eigenvalue weighted by Crippen LogP contribution is 2.48. The number of benzene rings is 17. The van der Waals surface area contributed by atoms with E-state index in [9.17, 15) is 28.8 Å². The third kappa shape index (κ3) is 10.9. The molecule has 0 saturated heterocycles. The molecule has 3 aliphatic heterocycles. The highest BCUT2D eigenvalue weighted by Gasteiger charge is 2.38. The number of rotatable bonds is 9. The Kier molecular flexibility index (Phi) is 16.1. The van der Waals surface area contributed by atoms with Crippen LogP contribution in [0.3, 0.4) is 0 Å². The molecule has 0 unspecified atom stereocenters. The fraction of sp³-hybridized carbons (Fsp3) is 0.0103. The topological polar surface area (TPSA) is 121 Å². The lowest BCUT2D eigenvalue weighted by molar-refractivity contribution is 0.0877. The van der Waals surface area contributed by atoms with Crippen molar-refractivity contribution in [2.45, 2.75) is 0 Å². The predicted octanol–water partition coefficient (Wildman–Crippen LogP) is 22.7. The number of para-hydroxylation sites is 3. The van der Waals surface area contributed by atoms with E-state index in [2.05, 4.69) is 140 Å². The summed E-state index contributed by atoms with van der Waals surface area (Å²) in [4.78, 5) is 85.0. The monoisotopic (exact) mass is 1380 g/mol. The predicted molar refractivity (Wildman–Crippen MR) is 431 cm³/mol. The van der Waals surface area contributed by atoms with Crippen molar-refractivity contribution in [3.63, 3.8) is 0 Å². The van der Waals surface area contributed by atoms with Crippen LogP contribution in [0.2, 0.25) is 0 Å². The van der Waals surface area contributed by atoms with Crippen LogP contribution in [0.5, 0.6) is 5.75 Å². The van der Waals surface area contributed by atoms with Gasteiger partial charge in [-0.25, -0.2) is 14.7 Å². The van der Waals surface area contributed by atoms with Crippen molar-refractivity contribution in [2.24, 2.45) is 0 Å². The van der Waals surface area contributed by atoms with E-state index >= 15 is 0 Å². The molecule has 10 nitrogen and oxygen atoms in total. The third-order valence-electron chi connectivity index (χ3n) is 20.7. The number of fused-ring (bicyclic) bond motifs is 3. The van der Waals surface area contributed by atoms with Gasteiger partial charge in [0.15, 0.2) is 0 Å². The van der Waals surface area contributed by atoms with E-state index in [1.807, 2.05) is 158 Å². The fourth-order valence-electron chi connectivity index (χ4n) is 15.8. The van der Waals surface area contributed by atoms with Crippen LogP contribution in [0, 0.1) is 0 Å². The second kappa shape index (κ2) is 26.7. The first kappa shape index (κ1) is 64.6. The van der Waals surface area contributed by atoms with Crippen molar-refractivity contribution in [3.05, 3.63) is 385 Å². The highest BCUT2D eigenvalue weighted by molar-refractivity contribution is 6.40. The lowest BCUT2D eigenvalue weighted by Crippen LogP contribution is -2.40. The van der Waals surface area contributed by atoms with Crippen molar-refractivity contribution >= 4 is 117 Å². The molecular weight excluding hydrogens is 1320 g/mol. The van der Waals surface area contributed by atoms with E-state index in [1.165, 1.54) is 37.0 Å². The number of hydrogen-bond acceptors (Lipinski definition) is 7. The SMILES string of the molecule is COc1ccc2c3c(ccc(-c4ccccc4)c13)C(=O)N(c1ccccc1)C2=O.O=C1c2cccc3c(-c4c5ccccc5c(-c5ccccc5)c5ccccc45)ccc(c23)C(=O)N1c1ccccc1.O=C1c2cccc3c(-c4ccc5cc(-c6ccccc6)ccc5c4)ccc(c23)C(=O)N1c1ccccc1. The minimum Gasteiger partial charge on any atom is -0.496 e. The van der Waals surface area contributed by atoms with E-state index in [-0.39, 0.29) is 35.4 Å². The van der Waals surface area contributed by atoms with Gasteiger partial charge < -0.3 is 4.74 Å². The van der Waals surface area contributed by atoms with Crippen LogP contribution in [0.4, 0.5) is 17.1 Å². The third-order valence-corrected chi connectivity index (χ3v) is 20.7. The first-order chi connectivity index (χ1) is 52.6.